The smallest absolute Gasteiger partial charge is 0.0720 e. The second-order valence-corrected chi connectivity index (χ2v) is 3.62. The van der Waals surface area contributed by atoms with Crippen molar-refractivity contribution in [2.24, 2.45) is 5.41 Å². The number of hydrogen-bond donors (Lipinski definition) is 1. The Bertz CT molecular complexity index is 146. The molecule has 0 aromatic carbocycles. The van der Waals surface area contributed by atoms with Gasteiger partial charge in [0.05, 0.1) is 18.6 Å². The molecule has 0 aliphatic rings. The molecule has 0 saturated carbocycles. The van der Waals surface area contributed by atoms with Crippen LogP contribution in [-0.4, -0.2) is 11.2 Å². The van der Waals surface area contributed by atoms with Crippen molar-refractivity contribution < 1.29 is 5.11 Å². The van der Waals surface area contributed by atoms with E-state index in [1.807, 2.05) is 19.9 Å². The van der Waals surface area contributed by atoms with Crippen LogP contribution in [-0.2, 0) is 0 Å². The van der Waals surface area contributed by atoms with Crippen LogP contribution in [0.1, 0.15) is 40.0 Å². The van der Waals surface area contributed by atoms with Crippen LogP contribution in [0.15, 0.2) is 0 Å². The maximum Gasteiger partial charge on any atom is 0.0720 e. The van der Waals surface area contributed by atoms with E-state index in [2.05, 4.69) is 6.92 Å². The maximum atomic E-state index is 9.49. The van der Waals surface area contributed by atoms with Crippen LogP contribution in [0.5, 0.6) is 0 Å². The Labute approximate surface area is 68.8 Å². The predicted octanol–water partition coefficient (Wildman–Crippen LogP) is 2.09. The second-order valence-electron chi connectivity index (χ2n) is 3.62. The van der Waals surface area contributed by atoms with Crippen molar-refractivity contribution in [3.63, 3.8) is 0 Å². The summed E-state index contributed by atoms with van der Waals surface area (Å²) in [5, 5.41) is 17.8. The van der Waals surface area contributed by atoms with Gasteiger partial charge in [-0.25, -0.2) is 0 Å². The van der Waals surface area contributed by atoms with Crippen molar-refractivity contribution in [2.75, 3.05) is 0 Å². The lowest BCUT2D eigenvalue weighted by Gasteiger charge is -2.28. The van der Waals surface area contributed by atoms with E-state index in [0.29, 0.717) is 0 Å². The SMILES string of the molecule is CCCC(C)(C)C(O)CC#N. The Morgan fingerprint density at radius 3 is 2.45 bits per heavy atom. The fraction of sp³-hybridized carbons (Fsp3) is 0.889. The average Bonchev–Trinajstić information content (AvgIpc) is 1.88. The summed E-state index contributed by atoms with van der Waals surface area (Å²) >= 11 is 0. The van der Waals surface area contributed by atoms with E-state index in [4.69, 9.17) is 5.26 Å². The van der Waals surface area contributed by atoms with Crippen molar-refractivity contribution in [3.05, 3.63) is 0 Å². The highest BCUT2D eigenvalue weighted by atomic mass is 16.3. The summed E-state index contributed by atoms with van der Waals surface area (Å²) in [6.07, 6.45) is 1.78. The highest BCUT2D eigenvalue weighted by Gasteiger charge is 2.26. The number of rotatable bonds is 4. The predicted molar refractivity (Wildman–Crippen MR) is 44.9 cm³/mol. The highest BCUT2D eigenvalue weighted by molar-refractivity contribution is 4.85. The van der Waals surface area contributed by atoms with E-state index >= 15 is 0 Å². The molecule has 2 nitrogen and oxygen atoms in total. The van der Waals surface area contributed by atoms with Gasteiger partial charge in [-0.1, -0.05) is 27.2 Å². The molecule has 0 radical (unpaired) electrons. The molecule has 0 aromatic heterocycles. The minimum atomic E-state index is -0.479. The first kappa shape index (κ1) is 10.4. The third kappa shape index (κ3) is 3.38. The fourth-order valence-corrected chi connectivity index (χ4v) is 1.17. The minimum Gasteiger partial charge on any atom is -0.391 e. The molecule has 0 fully saturated rings. The van der Waals surface area contributed by atoms with Crippen LogP contribution >= 0.6 is 0 Å². The largest absolute Gasteiger partial charge is 0.391 e. The van der Waals surface area contributed by atoms with Gasteiger partial charge in [0.1, 0.15) is 0 Å². The monoisotopic (exact) mass is 155 g/mol. The molecule has 0 heterocycles. The molecule has 2 heteroatoms. The molecule has 0 saturated heterocycles. The van der Waals surface area contributed by atoms with Gasteiger partial charge in [0, 0.05) is 0 Å². The normalized spacial score (nSPS) is 14.1. The van der Waals surface area contributed by atoms with E-state index in [0.717, 1.165) is 12.8 Å². The third-order valence-corrected chi connectivity index (χ3v) is 2.08. The van der Waals surface area contributed by atoms with Crippen molar-refractivity contribution in [1.82, 2.24) is 0 Å². The Hall–Kier alpha value is -0.550. The average molecular weight is 155 g/mol. The zero-order valence-electron chi connectivity index (χ0n) is 7.59. The van der Waals surface area contributed by atoms with E-state index in [-0.39, 0.29) is 11.8 Å². The van der Waals surface area contributed by atoms with Crippen LogP contribution in [0, 0.1) is 16.7 Å². The molecule has 0 aliphatic heterocycles. The summed E-state index contributed by atoms with van der Waals surface area (Å²) < 4.78 is 0. The van der Waals surface area contributed by atoms with Crippen LogP contribution in [0.4, 0.5) is 0 Å². The number of aliphatic hydroxyl groups is 1. The number of nitriles is 1. The Balaban J connectivity index is 3.96. The Morgan fingerprint density at radius 1 is 1.55 bits per heavy atom. The van der Waals surface area contributed by atoms with Gasteiger partial charge in [0.15, 0.2) is 0 Å². The lowest BCUT2D eigenvalue weighted by atomic mass is 9.81. The van der Waals surface area contributed by atoms with Gasteiger partial charge in [-0.05, 0) is 11.8 Å². The first-order valence-electron chi connectivity index (χ1n) is 4.09. The van der Waals surface area contributed by atoms with Gasteiger partial charge in [0.25, 0.3) is 0 Å². The minimum absolute atomic E-state index is 0.107. The zero-order chi connectivity index (χ0) is 8.91. The molecule has 1 atom stereocenters. The lowest BCUT2D eigenvalue weighted by Crippen LogP contribution is -2.28. The molecule has 0 amide bonds. The van der Waals surface area contributed by atoms with Crippen molar-refractivity contribution >= 4 is 0 Å². The summed E-state index contributed by atoms with van der Waals surface area (Å²) in [4.78, 5) is 0. The first-order valence-corrected chi connectivity index (χ1v) is 4.09. The molecule has 0 aliphatic carbocycles. The molecule has 0 rings (SSSR count). The molecule has 11 heavy (non-hydrogen) atoms. The summed E-state index contributed by atoms with van der Waals surface area (Å²) in [5.74, 6) is 0. The van der Waals surface area contributed by atoms with Crippen LogP contribution in [0.2, 0.25) is 0 Å². The molecular weight excluding hydrogens is 138 g/mol. The van der Waals surface area contributed by atoms with Gasteiger partial charge in [-0.3, -0.25) is 0 Å². The van der Waals surface area contributed by atoms with E-state index in [1.165, 1.54) is 0 Å². The topological polar surface area (TPSA) is 44.0 Å². The van der Waals surface area contributed by atoms with Gasteiger partial charge < -0.3 is 5.11 Å². The van der Waals surface area contributed by atoms with E-state index in [9.17, 15) is 5.11 Å². The second kappa shape index (κ2) is 4.35. The van der Waals surface area contributed by atoms with Gasteiger partial charge in [-0.2, -0.15) is 5.26 Å². The Morgan fingerprint density at radius 2 is 2.09 bits per heavy atom. The molecule has 1 unspecified atom stereocenters. The van der Waals surface area contributed by atoms with Crippen LogP contribution in [0.25, 0.3) is 0 Å². The van der Waals surface area contributed by atoms with Gasteiger partial charge in [0.2, 0.25) is 0 Å². The third-order valence-electron chi connectivity index (χ3n) is 2.08. The van der Waals surface area contributed by atoms with Gasteiger partial charge >= 0.3 is 0 Å². The van der Waals surface area contributed by atoms with Crippen LogP contribution < -0.4 is 0 Å². The van der Waals surface area contributed by atoms with Crippen molar-refractivity contribution in [3.8, 4) is 6.07 Å². The molecule has 0 spiro atoms. The quantitative estimate of drug-likeness (QED) is 0.675. The first-order chi connectivity index (χ1) is 5.04. The highest BCUT2D eigenvalue weighted by Crippen LogP contribution is 2.28. The summed E-state index contributed by atoms with van der Waals surface area (Å²) in [7, 11) is 0. The molecule has 1 N–H and O–H groups in total. The summed E-state index contributed by atoms with van der Waals surface area (Å²) in [6, 6.07) is 1.98. The van der Waals surface area contributed by atoms with E-state index < -0.39 is 6.10 Å². The summed E-state index contributed by atoms with van der Waals surface area (Å²) in [5.41, 5.74) is -0.107. The van der Waals surface area contributed by atoms with Gasteiger partial charge in [-0.15, -0.1) is 0 Å². The van der Waals surface area contributed by atoms with Crippen molar-refractivity contribution in [1.29, 1.82) is 5.26 Å². The molecule has 0 aromatic rings. The zero-order valence-corrected chi connectivity index (χ0v) is 7.59. The summed E-state index contributed by atoms with van der Waals surface area (Å²) in [6.45, 7) is 6.08. The lowest BCUT2D eigenvalue weighted by molar-refractivity contribution is 0.0475. The van der Waals surface area contributed by atoms with Crippen LogP contribution in [0.3, 0.4) is 0 Å². The number of aliphatic hydroxyl groups excluding tert-OH is 1. The fourth-order valence-electron chi connectivity index (χ4n) is 1.17. The standard InChI is InChI=1S/C9H17NO/c1-4-6-9(2,3)8(11)5-7-10/h8,11H,4-6H2,1-3H3. The molecular formula is C9H17NO. The number of hydrogen-bond acceptors (Lipinski definition) is 2. The van der Waals surface area contributed by atoms with E-state index in [1.54, 1.807) is 0 Å². The molecule has 64 valence electrons. The maximum absolute atomic E-state index is 9.49. The van der Waals surface area contributed by atoms with Crippen molar-refractivity contribution in [2.45, 2.75) is 46.1 Å². The Kier molecular flexibility index (Phi) is 4.14. The molecule has 0 bridgehead atoms. The number of nitrogens with zero attached hydrogens (tertiary/aromatic N) is 1.